The van der Waals surface area contributed by atoms with E-state index in [4.69, 9.17) is 18.9 Å². The molecule has 33 heavy (non-hydrogen) atoms. The van der Waals surface area contributed by atoms with Gasteiger partial charge in [-0.1, -0.05) is 12.1 Å². The lowest BCUT2D eigenvalue weighted by Gasteiger charge is -2.16. The Morgan fingerprint density at radius 1 is 1.09 bits per heavy atom. The fourth-order valence-corrected chi connectivity index (χ4v) is 4.17. The van der Waals surface area contributed by atoms with Crippen molar-refractivity contribution in [1.29, 1.82) is 0 Å². The fraction of sp³-hybridized carbons (Fsp3) is 0.333. The molecule has 0 saturated carbocycles. The number of aromatic nitrogens is 2. The van der Waals surface area contributed by atoms with Crippen LogP contribution in [0.3, 0.4) is 0 Å². The third kappa shape index (κ3) is 4.13. The number of imidazole rings is 1. The van der Waals surface area contributed by atoms with E-state index in [1.165, 1.54) is 14.2 Å². The number of methoxy groups -OCH3 is 2. The quantitative estimate of drug-likeness (QED) is 0.398. The van der Waals surface area contributed by atoms with Crippen LogP contribution in [-0.4, -0.2) is 42.0 Å². The van der Waals surface area contributed by atoms with Crippen LogP contribution in [0.2, 0.25) is 0 Å². The van der Waals surface area contributed by atoms with Crippen molar-refractivity contribution < 1.29 is 38.6 Å². The van der Waals surface area contributed by atoms with E-state index < -0.39 is 11.9 Å². The Balaban J connectivity index is 1.82. The first-order valence-corrected chi connectivity index (χ1v) is 10.5. The molecule has 0 fully saturated rings. The summed E-state index contributed by atoms with van der Waals surface area (Å²) in [7, 11) is 3.06. The maximum atomic E-state index is 11.8. The van der Waals surface area contributed by atoms with Crippen LogP contribution in [0.25, 0.3) is 0 Å². The second-order valence-electron chi connectivity index (χ2n) is 7.88. The molecule has 1 aliphatic heterocycles. The summed E-state index contributed by atoms with van der Waals surface area (Å²) in [4.78, 5) is 11.8. The summed E-state index contributed by atoms with van der Waals surface area (Å²) in [5.41, 5.74) is 3.06. The Hall–Kier alpha value is -3.88. The van der Waals surface area contributed by atoms with Crippen molar-refractivity contribution in [3.05, 3.63) is 64.7 Å². The molecule has 2 N–H and O–H groups in total. The molecule has 4 rings (SSSR count). The zero-order valence-corrected chi connectivity index (χ0v) is 19.0. The molecule has 2 aromatic carbocycles. The van der Waals surface area contributed by atoms with Crippen LogP contribution in [0.5, 0.6) is 23.0 Å². The second-order valence-corrected chi connectivity index (χ2v) is 7.88. The molecule has 3 aromatic rings. The van der Waals surface area contributed by atoms with Gasteiger partial charge in [-0.2, -0.15) is 0 Å². The highest BCUT2D eigenvalue weighted by Gasteiger charge is 2.36. The smallest absolute Gasteiger partial charge is 0.305 e. The first-order valence-electron chi connectivity index (χ1n) is 10.5. The summed E-state index contributed by atoms with van der Waals surface area (Å²) in [6.07, 6.45) is -0.222. The van der Waals surface area contributed by atoms with Gasteiger partial charge in [0.15, 0.2) is 28.7 Å². The van der Waals surface area contributed by atoms with Crippen molar-refractivity contribution in [3.63, 3.8) is 0 Å². The molecule has 1 aromatic heterocycles. The lowest BCUT2D eigenvalue weighted by atomic mass is 9.94. The predicted octanol–water partition coefficient (Wildman–Crippen LogP) is 3.03. The minimum Gasteiger partial charge on any atom is -0.493 e. The molecule has 0 saturated heterocycles. The van der Waals surface area contributed by atoms with Crippen LogP contribution < -0.4 is 23.5 Å². The van der Waals surface area contributed by atoms with Gasteiger partial charge in [-0.15, -0.1) is 0 Å². The largest absolute Gasteiger partial charge is 0.493 e. The minimum atomic E-state index is -0.985. The van der Waals surface area contributed by atoms with E-state index in [2.05, 4.69) is 0 Å². The van der Waals surface area contributed by atoms with E-state index >= 15 is 0 Å². The summed E-state index contributed by atoms with van der Waals surface area (Å²) < 4.78 is 24.6. The highest BCUT2D eigenvalue weighted by atomic mass is 16.7. The summed E-state index contributed by atoms with van der Waals surface area (Å²) >= 11 is 0. The van der Waals surface area contributed by atoms with E-state index in [1.807, 2.05) is 29.7 Å². The van der Waals surface area contributed by atoms with Crippen LogP contribution in [-0.2, 0) is 11.3 Å². The van der Waals surface area contributed by atoms with E-state index in [-0.39, 0.29) is 13.2 Å². The van der Waals surface area contributed by atoms with Gasteiger partial charge in [0.2, 0.25) is 6.79 Å². The van der Waals surface area contributed by atoms with Crippen molar-refractivity contribution in [2.24, 2.45) is 0 Å². The minimum absolute atomic E-state index is 0.183. The number of carboxylic acid groups (broad SMARTS) is 1. The first kappa shape index (κ1) is 22.3. The van der Waals surface area contributed by atoms with E-state index in [1.54, 1.807) is 25.1 Å². The number of benzene rings is 2. The molecule has 9 nitrogen and oxygen atoms in total. The number of hydrogen-bond donors (Lipinski definition) is 2. The highest BCUT2D eigenvalue weighted by molar-refractivity contribution is 5.69. The Kier molecular flexibility index (Phi) is 6.04. The van der Waals surface area contributed by atoms with Crippen molar-refractivity contribution in [2.75, 3.05) is 21.0 Å². The summed E-state index contributed by atoms with van der Waals surface area (Å²) in [5, 5.41) is 20.7. The molecule has 1 unspecified atom stereocenters. The van der Waals surface area contributed by atoms with Gasteiger partial charge in [0.25, 0.3) is 0 Å². The Bertz CT molecular complexity index is 1200. The van der Waals surface area contributed by atoms with Gasteiger partial charge in [0, 0.05) is 13.8 Å². The first-order chi connectivity index (χ1) is 15.8. The number of ether oxygens (including phenoxy) is 4. The monoisotopic (exact) mass is 455 g/mol. The molecule has 1 atom stereocenters. The summed E-state index contributed by atoms with van der Waals surface area (Å²) in [5.74, 6) is 1.19. The average Bonchev–Trinajstić information content (AvgIpc) is 3.36. The fourth-order valence-electron chi connectivity index (χ4n) is 4.17. The van der Waals surface area contributed by atoms with Gasteiger partial charge in [0.05, 0.1) is 26.6 Å². The van der Waals surface area contributed by atoms with Gasteiger partial charge >= 0.3 is 11.8 Å². The third-order valence-electron chi connectivity index (χ3n) is 6.02. The Morgan fingerprint density at radius 2 is 1.82 bits per heavy atom. The number of hydrogen-bond acceptors (Lipinski definition) is 6. The van der Waals surface area contributed by atoms with Crippen LogP contribution >= 0.6 is 0 Å². The molecular weight excluding hydrogens is 428 g/mol. The summed E-state index contributed by atoms with van der Waals surface area (Å²) in [6.45, 7) is 4.28. The average molecular weight is 455 g/mol. The summed E-state index contributed by atoms with van der Waals surface area (Å²) in [6, 6.07) is 10.9. The van der Waals surface area contributed by atoms with E-state index in [0.29, 0.717) is 46.6 Å². The van der Waals surface area contributed by atoms with Gasteiger partial charge in [-0.25, -0.2) is 4.57 Å². The normalized spacial score (nSPS) is 13.1. The highest BCUT2D eigenvalue weighted by Crippen LogP contribution is 2.36. The molecule has 1 aliphatic rings. The van der Waals surface area contributed by atoms with Crippen molar-refractivity contribution >= 4 is 5.97 Å². The topological polar surface area (TPSA) is 103 Å². The molecule has 2 heterocycles. The molecule has 174 valence electrons. The van der Waals surface area contributed by atoms with Gasteiger partial charge in [0.1, 0.15) is 12.2 Å². The number of aliphatic carboxylic acids is 1. The molecular formula is C24H27N2O7+. The standard InChI is InChI=1S/C24H26N2O7/c1-14-15(2)26(29)24(25(14)12-16-5-7-20-22(9-16)33-13-32-20)18(11-23(27)28)17-6-8-19(30-3)21(10-17)31-4/h5-10,18H,11-13H2,1-4H3,(H-,27,28,29)/p+1. The molecule has 0 amide bonds. The van der Waals surface area contributed by atoms with Crippen LogP contribution in [0.15, 0.2) is 36.4 Å². The molecule has 0 spiro atoms. The van der Waals surface area contributed by atoms with Crippen LogP contribution in [0, 0.1) is 13.8 Å². The number of nitrogens with zero attached hydrogens (tertiary/aromatic N) is 2. The Labute approximate surface area is 191 Å². The molecule has 9 heteroatoms. The van der Waals surface area contributed by atoms with Gasteiger partial charge in [-0.3, -0.25) is 4.79 Å². The van der Waals surface area contributed by atoms with Crippen molar-refractivity contribution in [3.8, 4) is 23.0 Å². The number of carboxylic acids is 1. The maximum Gasteiger partial charge on any atom is 0.305 e. The SMILES string of the molecule is COc1ccc(C(CC(=O)O)c2n(O)c(C)c(C)[n+]2Cc2ccc3c(c2)OCO3)cc1OC. The lowest BCUT2D eigenvalue weighted by Crippen LogP contribution is -2.42. The van der Waals surface area contributed by atoms with E-state index in [0.717, 1.165) is 16.0 Å². The van der Waals surface area contributed by atoms with Gasteiger partial charge in [-0.05, 0) is 40.1 Å². The third-order valence-corrected chi connectivity index (χ3v) is 6.02. The molecule has 0 aliphatic carbocycles. The van der Waals surface area contributed by atoms with Crippen molar-refractivity contribution in [2.45, 2.75) is 32.7 Å². The molecule has 0 bridgehead atoms. The van der Waals surface area contributed by atoms with Crippen molar-refractivity contribution in [1.82, 2.24) is 4.73 Å². The predicted molar refractivity (Wildman–Crippen MR) is 117 cm³/mol. The Morgan fingerprint density at radius 3 is 2.52 bits per heavy atom. The van der Waals surface area contributed by atoms with E-state index in [9.17, 15) is 15.1 Å². The maximum absolute atomic E-state index is 11.8. The lowest BCUT2D eigenvalue weighted by molar-refractivity contribution is -0.703. The van der Waals surface area contributed by atoms with Crippen LogP contribution in [0.1, 0.15) is 40.7 Å². The zero-order chi connectivity index (χ0) is 23.7. The zero-order valence-electron chi connectivity index (χ0n) is 19.0. The molecule has 0 radical (unpaired) electrons. The number of rotatable bonds is 8. The van der Waals surface area contributed by atoms with Gasteiger partial charge < -0.3 is 29.3 Å². The van der Waals surface area contributed by atoms with Crippen LogP contribution in [0.4, 0.5) is 0 Å². The second kappa shape index (κ2) is 8.93. The number of fused-ring (bicyclic) bond motifs is 1. The number of carbonyl (C=O) groups is 1.